The molecular weight excluding hydrogens is 183 g/mol. The van der Waals surface area contributed by atoms with Gasteiger partial charge in [0.2, 0.25) is 0 Å². The Bertz CT molecular complexity index is 465. The van der Waals surface area contributed by atoms with Crippen molar-refractivity contribution in [2.24, 2.45) is 0 Å². The van der Waals surface area contributed by atoms with E-state index in [-0.39, 0.29) is 11.5 Å². The van der Waals surface area contributed by atoms with E-state index < -0.39 is 0 Å². The van der Waals surface area contributed by atoms with E-state index in [1.54, 1.807) is 18.2 Å². The second-order valence-electron chi connectivity index (χ2n) is 2.78. The van der Waals surface area contributed by atoms with Crippen molar-refractivity contribution in [3.63, 3.8) is 0 Å². The van der Waals surface area contributed by atoms with E-state index in [1.165, 1.54) is 23.2 Å². The molecule has 0 radical (unpaired) electrons. The van der Waals surface area contributed by atoms with Crippen molar-refractivity contribution in [1.29, 1.82) is 0 Å². The minimum absolute atomic E-state index is 0.285. The van der Waals surface area contributed by atoms with Crippen LogP contribution in [0.15, 0.2) is 36.8 Å². The molecule has 0 spiro atoms. The molecule has 0 N–H and O–H groups in total. The third kappa shape index (κ3) is 1.42. The third-order valence-electron chi connectivity index (χ3n) is 1.85. The van der Waals surface area contributed by atoms with Crippen molar-refractivity contribution >= 4 is 6.29 Å². The second-order valence-corrected chi connectivity index (χ2v) is 2.78. The first-order valence-corrected chi connectivity index (χ1v) is 4.05. The van der Waals surface area contributed by atoms with Crippen molar-refractivity contribution in [2.45, 2.75) is 0 Å². The first kappa shape index (κ1) is 8.62. The summed E-state index contributed by atoms with van der Waals surface area (Å²) in [5.41, 5.74) is 0.668. The van der Waals surface area contributed by atoms with Gasteiger partial charge in [-0.05, 0) is 12.1 Å². The van der Waals surface area contributed by atoms with Gasteiger partial charge in [-0.15, -0.1) is 0 Å². The Morgan fingerprint density at radius 1 is 1.36 bits per heavy atom. The number of carbonyl (C=O) groups is 1. The van der Waals surface area contributed by atoms with E-state index in [9.17, 15) is 9.18 Å². The van der Waals surface area contributed by atoms with Gasteiger partial charge in [-0.1, -0.05) is 12.1 Å². The molecule has 2 rings (SSSR count). The summed E-state index contributed by atoms with van der Waals surface area (Å²) in [5, 5.41) is 0. The van der Waals surface area contributed by atoms with Crippen LogP contribution in [-0.2, 0) is 0 Å². The van der Waals surface area contributed by atoms with E-state index in [0.29, 0.717) is 12.0 Å². The predicted octanol–water partition coefficient (Wildman–Crippen LogP) is 1.82. The lowest BCUT2D eigenvalue weighted by atomic mass is 10.3. The molecule has 0 aliphatic carbocycles. The van der Waals surface area contributed by atoms with E-state index in [2.05, 4.69) is 4.98 Å². The number of nitrogens with zero attached hydrogens (tertiary/aromatic N) is 2. The minimum Gasteiger partial charge on any atom is -0.303 e. The number of para-hydroxylation sites is 1. The molecule has 3 nitrogen and oxygen atoms in total. The standard InChI is InChI=1S/C10H7FN2O/c11-9-3-1-2-4-10(9)13-5-8(6-14)12-7-13/h1-7H. The van der Waals surface area contributed by atoms with Crippen molar-refractivity contribution in [3.05, 3.63) is 48.3 Å². The van der Waals surface area contributed by atoms with Crippen LogP contribution in [-0.4, -0.2) is 15.8 Å². The van der Waals surface area contributed by atoms with Crippen molar-refractivity contribution in [2.75, 3.05) is 0 Å². The smallest absolute Gasteiger partial charge is 0.170 e. The number of benzene rings is 1. The molecule has 1 aromatic carbocycles. The van der Waals surface area contributed by atoms with Crippen LogP contribution in [0.3, 0.4) is 0 Å². The Kier molecular flexibility index (Phi) is 2.10. The SMILES string of the molecule is O=Cc1cn(-c2ccccc2F)cn1. The Morgan fingerprint density at radius 3 is 2.79 bits per heavy atom. The van der Waals surface area contributed by atoms with Crippen LogP contribution in [0.1, 0.15) is 10.5 Å². The van der Waals surface area contributed by atoms with Gasteiger partial charge in [0.15, 0.2) is 6.29 Å². The maximum Gasteiger partial charge on any atom is 0.170 e. The van der Waals surface area contributed by atoms with Crippen molar-refractivity contribution in [3.8, 4) is 5.69 Å². The highest BCUT2D eigenvalue weighted by Gasteiger charge is 2.03. The minimum atomic E-state index is -0.345. The number of imidazole rings is 1. The molecule has 0 saturated carbocycles. The fourth-order valence-corrected chi connectivity index (χ4v) is 1.19. The number of aromatic nitrogens is 2. The molecule has 0 unspecified atom stereocenters. The average molecular weight is 190 g/mol. The van der Waals surface area contributed by atoms with Crippen LogP contribution < -0.4 is 0 Å². The summed E-state index contributed by atoms with van der Waals surface area (Å²) in [5.74, 6) is -0.345. The molecule has 2 aromatic rings. The molecule has 0 saturated heterocycles. The Hall–Kier alpha value is -1.97. The van der Waals surface area contributed by atoms with Crippen molar-refractivity contribution < 1.29 is 9.18 Å². The second kappa shape index (κ2) is 3.41. The zero-order valence-electron chi connectivity index (χ0n) is 7.22. The lowest BCUT2D eigenvalue weighted by Crippen LogP contribution is -1.93. The van der Waals surface area contributed by atoms with E-state index in [1.807, 2.05) is 0 Å². The van der Waals surface area contributed by atoms with Crippen LogP contribution in [0.2, 0.25) is 0 Å². The van der Waals surface area contributed by atoms with Crippen LogP contribution in [0.4, 0.5) is 4.39 Å². The highest BCUT2D eigenvalue weighted by atomic mass is 19.1. The summed E-state index contributed by atoms with van der Waals surface area (Å²) >= 11 is 0. The highest BCUT2D eigenvalue weighted by molar-refractivity contribution is 5.71. The number of aldehydes is 1. The average Bonchev–Trinajstić information content (AvgIpc) is 2.67. The first-order chi connectivity index (χ1) is 6.81. The van der Waals surface area contributed by atoms with E-state index in [4.69, 9.17) is 0 Å². The van der Waals surface area contributed by atoms with Crippen LogP contribution >= 0.6 is 0 Å². The number of halogens is 1. The monoisotopic (exact) mass is 190 g/mol. The molecule has 0 bridgehead atoms. The van der Waals surface area contributed by atoms with Gasteiger partial charge in [0.25, 0.3) is 0 Å². The van der Waals surface area contributed by atoms with Crippen LogP contribution in [0.5, 0.6) is 0 Å². The van der Waals surface area contributed by atoms with Gasteiger partial charge in [-0.3, -0.25) is 4.79 Å². The molecule has 0 aliphatic rings. The summed E-state index contributed by atoms with van der Waals surface area (Å²) in [6.07, 6.45) is 3.50. The molecular formula is C10H7FN2O. The van der Waals surface area contributed by atoms with Gasteiger partial charge >= 0.3 is 0 Å². The van der Waals surface area contributed by atoms with Gasteiger partial charge in [-0.25, -0.2) is 9.37 Å². The Labute approximate surface area is 79.8 Å². The lowest BCUT2D eigenvalue weighted by molar-refractivity contribution is 0.111. The van der Waals surface area contributed by atoms with E-state index in [0.717, 1.165) is 0 Å². The maximum absolute atomic E-state index is 13.3. The molecule has 0 atom stereocenters. The summed E-state index contributed by atoms with van der Waals surface area (Å²) in [6, 6.07) is 6.30. The summed E-state index contributed by atoms with van der Waals surface area (Å²) in [4.78, 5) is 14.1. The van der Waals surface area contributed by atoms with Gasteiger partial charge < -0.3 is 4.57 Å². The molecule has 1 heterocycles. The number of carbonyl (C=O) groups excluding carboxylic acids is 1. The molecule has 0 amide bonds. The molecule has 70 valence electrons. The largest absolute Gasteiger partial charge is 0.303 e. The Balaban J connectivity index is 2.49. The molecule has 4 heteroatoms. The summed E-state index contributed by atoms with van der Waals surface area (Å²) < 4.78 is 14.7. The van der Waals surface area contributed by atoms with Crippen LogP contribution in [0.25, 0.3) is 5.69 Å². The molecule has 0 aliphatic heterocycles. The highest BCUT2D eigenvalue weighted by Crippen LogP contribution is 2.12. The predicted molar refractivity (Wildman–Crippen MR) is 48.9 cm³/mol. The quantitative estimate of drug-likeness (QED) is 0.677. The van der Waals surface area contributed by atoms with Gasteiger partial charge in [-0.2, -0.15) is 0 Å². The van der Waals surface area contributed by atoms with Crippen molar-refractivity contribution in [1.82, 2.24) is 9.55 Å². The first-order valence-electron chi connectivity index (χ1n) is 4.05. The molecule has 14 heavy (non-hydrogen) atoms. The summed E-state index contributed by atoms with van der Waals surface area (Å²) in [6.45, 7) is 0. The topological polar surface area (TPSA) is 34.9 Å². The van der Waals surface area contributed by atoms with Gasteiger partial charge in [0.05, 0.1) is 5.69 Å². The summed E-state index contributed by atoms with van der Waals surface area (Å²) in [7, 11) is 0. The fourth-order valence-electron chi connectivity index (χ4n) is 1.19. The maximum atomic E-state index is 13.3. The van der Waals surface area contributed by atoms with E-state index >= 15 is 0 Å². The van der Waals surface area contributed by atoms with Gasteiger partial charge in [0, 0.05) is 6.20 Å². The number of hydrogen-bond acceptors (Lipinski definition) is 2. The van der Waals surface area contributed by atoms with Crippen LogP contribution in [0, 0.1) is 5.82 Å². The zero-order chi connectivity index (χ0) is 9.97. The number of hydrogen-bond donors (Lipinski definition) is 0. The normalized spacial score (nSPS) is 10.1. The molecule has 0 fully saturated rings. The Morgan fingerprint density at radius 2 is 2.14 bits per heavy atom. The fraction of sp³-hybridized carbons (Fsp3) is 0. The zero-order valence-corrected chi connectivity index (χ0v) is 7.22. The third-order valence-corrected chi connectivity index (χ3v) is 1.85. The number of rotatable bonds is 2. The van der Waals surface area contributed by atoms with Gasteiger partial charge in [0.1, 0.15) is 17.8 Å². The lowest BCUT2D eigenvalue weighted by Gasteiger charge is -2.01. The molecule has 1 aromatic heterocycles.